The van der Waals surface area contributed by atoms with Crippen LogP contribution in [0.25, 0.3) is 22.1 Å². The molecule has 2 aromatic heterocycles. The van der Waals surface area contributed by atoms with Gasteiger partial charge >= 0.3 is 0 Å². The molecular weight excluding hydrogens is 346 g/mol. The van der Waals surface area contributed by atoms with Gasteiger partial charge in [-0.3, -0.25) is 4.79 Å². The van der Waals surface area contributed by atoms with E-state index in [9.17, 15) is 4.79 Å². The zero-order chi connectivity index (χ0) is 18.3. The van der Waals surface area contributed by atoms with Gasteiger partial charge in [-0.05, 0) is 46.1 Å². The van der Waals surface area contributed by atoms with E-state index in [0.29, 0.717) is 22.9 Å². The first-order chi connectivity index (χ1) is 12.5. The number of para-hydroxylation sites is 1. The Labute approximate surface area is 156 Å². The molecule has 0 bridgehead atoms. The van der Waals surface area contributed by atoms with E-state index in [-0.39, 0.29) is 11.2 Å². The average Bonchev–Trinajstić information content (AvgIpc) is 2.99. The molecule has 3 aromatic rings. The Morgan fingerprint density at radius 1 is 1.23 bits per heavy atom. The third kappa shape index (κ3) is 3.05. The normalized spacial score (nSPS) is 22.0. The van der Waals surface area contributed by atoms with Gasteiger partial charge < -0.3 is 9.88 Å². The predicted molar refractivity (Wildman–Crippen MR) is 104 cm³/mol. The van der Waals surface area contributed by atoms with Gasteiger partial charge in [0.2, 0.25) is 11.1 Å². The number of hydrogen-bond acceptors (Lipinski definition) is 5. The second-order valence-electron chi connectivity index (χ2n) is 7.10. The van der Waals surface area contributed by atoms with Gasteiger partial charge in [0, 0.05) is 23.0 Å². The highest BCUT2D eigenvalue weighted by Crippen LogP contribution is 2.29. The number of hydrogen-bond donors (Lipinski definition) is 1. The third-order valence-corrected chi connectivity index (χ3v) is 6.12. The van der Waals surface area contributed by atoms with Crippen LogP contribution in [0.15, 0.2) is 29.4 Å². The van der Waals surface area contributed by atoms with Crippen molar-refractivity contribution >= 4 is 39.7 Å². The first kappa shape index (κ1) is 17.3. The zero-order valence-electron chi connectivity index (χ0n) is 15.3. The standard InChI is InChI=1S/C19H23N5OS/c1-11-7-6-8-12(2)24(11)18(25)13(3)26-19-21-17-16(22-23-19)14-9-4-5-10-15(14)20-17/h4-5,9-13H,6-8H2,1-3H3,(H,20,21,23)/t11-,12-,13+/m1/s1. The lowest BCUT2D eigenvalue weighted by Gasteiger charge is -2.40. The molecule has 1 fully saturated rings. The summed E-state index contributed by atoms with van der Waals surface area (Å²) in [6.07, 6.45) is 3.34. The molecule has 1 aliphatic heterocycles. The summed E-state index contributed by atoms with van der Waals surface area (Å²) in [5.41, 5.74) is 2.47. The van der Waals surface area contributed by atoms with E-state index in [0.717, 1.165) is 29.3 Å². The summed E-state index contributed by atoms with van der Waals surface area (Å²) in [6, 6.07) is 8.54. The van der Waals surface area contributed by atoms with Crippen molar-refractivity contribution in [1.29, 1.82) is 0 Å². The topological polar surface area (TPSA) is 74.8 Å². The number of nitrogens with one attached hydrogen (secondary N) is 1. The predicted octanol–water partition coefficient (Wildman–Crippen LogP) is 3.78. The molecule has 1 N–H and O–H groups in total. The van der Waals surface area contributed by atoms with Gasteiger partial charge in [-0.25, -0.2) is 4.98 Å². The number of likely N-dealkylation sites (tertiary alicyclic amines) is 1. The molecule has 1 aromatic carbocycles. The fourth-order valence-electron chi connectivity index (χ4n) is 3.83. The number of carbonyl (C=O) groups excluding carboxylic acids is 1. The number of fused-ring (bicyclic) bond motifs is 3. The van der Waals surface area contributed by atoms with Crippen LogP contribution >= 0.6 is 11.8 Å². The summed E-state index contributed by atoms with van der Waals surface area (Å²) in [4.78, 5) is 22.8. The van der Waals surface area contributed by atoms with Crippen molar-refractivity contribution in [2.45, 2.75) is 62.5 Å². The van der Waals surface area contributed by atoms with Gasteiger partial charge in [-0.2, -0.15) is 0 Å². The molecule has 6 nitrogen and oxygen atoms in total. The monoisotopic (exact) mass is 369 g/mol. The number of thioether (sulfide) groups is 1. The van der Waals surface area contributed by atoms with E-state index in [1.54, 1.807) is 0 Å². The number of aromatic nitrogens is 4. The SMILES string of the molecule is C[C@H](Sc1nnc2c(n1)[nH]c1ccccc12)C(=O)N1[C@H](C)CCC[C@H]1C. The summed E-state index contributed by atoms with van der Waals surface area (Å²) >= 11 is 1.38. The van der Waals surface area contributed by atoms with Crippen LogP contribution in [0.5, 0.6) is 0 Å². The van der Waals surface area contributed by atoms with E-state index < -0.39 is 0 Å². The smallest absolute Gasteiger partial charge is 0.236 e. The summed E-state index contributed by atoms with van der Waals surface area (Å²) in [5.74, 6) is 0.162. The zero-order valence-corrected chi connectivity index (χ0v) is 16.1. The Morgan fingerprint density at radius 2 is 1.96 bits per heavy atom. The van der Waals surface area contributed by atoms with Crippen LogP contribution in [-0.4, -0.2) is 48.3 Å². The van der Waals surface area contributed by atoms with Crippen LogP contribution in [0.1, 0.15) is 40.0 Å². The molecule has 0 aliphatic carbocycles. The Morgan fingerprint density at radius 3 is 2.73 bits per heavy atom. The molecule has 136 valence electrons. The molecule has 7 heteroatoms. The van der Waals surface area contributed by atoms with E-state index in [1.165, 1.54) is 18.2 Å². The molecule has 1 amide bonds. The molecule has 26 heavy (non-hydrogen) atoms. The maximum Gasteiger partial charge on any atom is 0.236 e. The molecule has 4 rings (SSSR count). The quantitative estimate of drug-likeness (QED) is 0.711. The first-order valence-electron chi connectivity index (χ1n) is 9.14. The number of carbonyl (C=O) groups is 1. The lowest BCUT2D eigenvalue weighted by Crippen LogP contribution is -2.50. The Balaban J connectivity index is 1.56. The fourth-order valence-corrected chi connectivity index (χ4v) is 4.60. The maximum atomic E-state index is 12.9. The van der Waals surface area contributed by atoms with Gasteiger partial charge in [0.05, 0.1) is 5.25 Å². The average molecular weight is 369 g/mol. The molecule has 0 unspecified atom stereocenters. The van der Waals surface area contributed by atoms with E-state index in [2.05, 4.69) is 34.0 Å². The van der Waals surface area contributed by atoms with Crippen LogP contribution in [0.3, 0.4) is 0 Å². The van der Waals surface area contributed by atoms with Crippen molar-refractivity contribution in [1.82, 2.24) is 25.1 Å². The number of amides is 1. The van der Waals surface area contributed by atoms with Crippen LogP contribution in [0.2, 0.25) is 0 Å². The number of benzene rings is 1. The van der Waals surface area contributed by atoms with Crippen molar-refractivity contribution in [2.24, 2.45) is 0 Å². The summed E-state index contributed by atoms with van der Waals surface area (Å²) in [6.45, 7) is 6.21. The first-order valence-corrected chi connectivity index (χ1v) is 10.0. The number of piperidine rings is 1. The molecule has 0 saturated carbocycles. The number of aromatic amines is 1. The highest BCUT2D eigenvalue weighted by molar-refractivity contribution is 8.00. The van der Waals surface area contributed by atoms with Crippen molar-refractivity contribution in [3.8, 4) is 0 Å². The number of rotatable bonds is 3. The van der Waals surface area contributed by atoms with Crippen molar-refractivity contribution in [2.75, 3.05) is 0 Å². The molecule has 1 aliphatic rings. The minimum atomic E-state index is -0.235. The van der Waals surface area contributed by atoms with Gasteiger partial charge in [0.15, 0.2) is 5.65 Å². The molecule has 3 atom stereocenters. The summed E-state index contributed by atoms with van der Waals surface area (Å²) in [7, 11) is 0. The molecule has 0 spiro atoms. The molecular formula is C19H23N5OS. The maximum absolute atomic E-state index is 12.9. The Bertz CT molecular complexity index is 945. The highest BCUT2D eigenvalue weighted by atomic mass is 32.2. The minimum Gasteiger partial charge on any atom is -0.338 e. The molecule has 3 heterocycles. The summed E-state index contributed by atoms with van der Waals surface area (Å²) in [5, 5.41) is 9.89. The van der Waals surface area contributed by atoms with Crippen molar-refractivity contribution < 1.29 is 4.79 Å². The number of H-pyrrole nitrogens is 1. The second kappa shape index (κ2) is 6.87. The van der Waals surface area contributed by atoms with Gasteiger partial charge in [0.25, 0.3) is 0 Å². The largest absolute Gasteiger partial charge is 0.338 e. The number of nitrogens with zero attached hydrogens (tertiary/aromatic N) is 4. The van der Waals surface area contributed by atoms with Crippen LogP contribution in [0, 0.1) is 0 Å². The van der Waals surface area contributed by atoms with Crippen molar-refractivity contribution in [3.05, 3.63) is 24.3 Å². The van der Waals surface area contributed by atoms with Gasteiger partial charge in [-0.1, -0.05) is 30.0 Å². The Kier molecular flexibility index (Phi) is 4.56. The van der Waals surface area contributed by atoms with E-state index in [1.807, 2.05) is 36.1 Å². The van der Waals surface area contributed by atoms with Crippen LogP contribution in [-0.2, 0) is 4.79 Å². The van der Waals surface area contributed by atoms with E-state index >= 15 is 0 Å². The third-order valence-electron chi connectivity index (χ3n) is 5.18. The van der Waals surface area contributed by atoms with Gasteiger partial charge in [0.1, 0.15) is 5.52 Å². The second-order valence-corrected chi connectivity index (χ2v) is 8.40. The van der Waals surface area contributed by atoms with Crippen molar-refractivity contribution in [3.63, 3.8) is 0 Å². The minimum absolute atomic E-state index is 0.162. The summed E-state index contributed by atoms with van der Waals surface area (Å²) < 4.78 is 0. The lowest BCUT2D eigenvalue weighted by atomic mass is 9.97. The van der Waals surface area contributed by atoms with Crippen LogP contribution < -0.4 is 0 Å². The highest BCUT2D eigenvalue weighted by Gasteiger charge is 2.32. The van der Waals surface area contributed by atoms with Gasteiger partial charge in [-0.15, -0.1) is 10.2 Å². The molecule has 0 radical (unpaired) electrons. The lowest BCUT2D eigenvalue weighted by molar-refractivity contribution is -0.136. The molecule has 1 saturated heterocycles. The Hall–Kier alpha value is -2.15. The fraction of sp³-hybridized carbons (Fsp3) is 0.474. The van der Waals surface area contributed by atoms with Crippen LogP contribution in [0.4, 0.5) is 0 Å². The van der Waals surface area contributed by atoms with E-state index in [4.69, 9.17) is 0 Å².